The predicted molar refractivity (Wildman–Crippen MR) is 184 cm³/mol. The van der Waals surface area contributed by atoms with Crippen LogP contribution in [-0.2, 0) is 25.8 Å². The van der Waals surface area contributed by atoms with Gasteiger partial charge in [-0.05, 0) is 66.1 Å². The zero-order chi connectivity index (χ0) is 27.0. The van der Waals surface area contributed by atoms with Gasteiger partial charge in [-0.1, -0.05) is 117 Å². The largest absolute Gasteiger partial charge is 4.00 e. The minimum absolute atomic E-state index is 0. The van der Waals surface area contributed by atoms with Crippen LogP contribution >= 0.6 is 11.3 Å². The number of hydrogen-bond acceptors (Lipinski definition) is 2. The van der Waals surface area contributed by atoms with Crippen LogP contribution < -0.4 is 0 Å². The molecular weight excluding hydrogens is 695 g/mol. The first-order valence-electron chi connectivity index (χ1n) is 13.6. The van der Waals surface area contributed by atoms with Crippen molar-refractivity contribution in [3.63, 3.8) is 0 Å². The monoisotopic (exact) mass is 742 g/mol. The van der Waals surface area contributed by atoms with Crippen molar-refractivity contribution < 1.29 is 25.8 Å². The number of rotatable bonds is 7. The minimum Gasteiger partial charge on any atom is -0.672 e. The molecule has 0 saturated heterocycles. The number of hydrogen-bond donors (Lipinski definition) is 0. The second kappa shape index (κ2) is 15.8. The molecule has 0 amide bonds. The van der Waals surface area contributed by atoms with E-state index in [0.29, 0.717) is 11.8 Å². The standard InChI is InChI=1S/C35H37N2S.3CH3.Hf/c1-21(2)27-15-11-16-28(22(3)4)33(27)37-34(32-24(6)18-23(5)19-25(32)7)35-36-31(20-38-35)30-17-10-13-26-12-8-9-14-29(26)30;;;;/h8-22,34H,1-7H3;3*1H3;/q4*-1;+4. The summed E-state index contributed by atoms with van der Waals surface area (Å²) in [4.78, 5) is 5.28. The molecule has 0 aliphatic carbocycles. The Morgan fingerprint density at radius 1 is 0.714 bits per heavy atom. The summed E-state index contributed by atoms with van der Waals surface area (Å²) in [6.45, 7) is 15.7. The summed E-state index contributed by atoms with van der Waals surface area (Å²) in [5.41, 5.74) is 11.0. The van der Waals surface area contributed by atoms with Gasteiger partial charge in [-0.15, -0.1) is 17.0 Å². The van der Waals surface area contributed by atoms with Crippen LogP contribution in [0.5, 0.6) is 0 Å². The molecular formula is C38H46HfN2S. The maximum atomic E-state index is 5.61. The van der Waals surface area contributed by atoms with E-state index in [1.807, 2.05) is 0 Å². The zero-order valence-corrected chi connectivity index (χ0v) is 31.4. The molecule has 218 valence electrons. The van der Waals surface area contributed by atoms with Crippen LogP contribution in [0.3, 0.4) is 0 Å². The fourth-order valence-corrected chi connectivity index (χ4v) is 6.50. The van der Waals surface area contributed by atoms with E-state index in [0.717, 1.165) is 16.4 Å². The van der Waals surface area contributed by atoms with Crippen molar-refractivity contribution in [2.75, 3.05) is 0 Å². The van der Waals surface area contributed by atoms with Crippen molar-refractivity contribution in [3.05, 3.63) is 144 Å². The number of para-hydroxylation sites is 1. The van der Waals surface area contributed by atoms with E-state index in [1.54, 1.807) is 11.3 Å². The average Bonchev–Trinajstić information content (AvgIpc) is 3.37. The molecule has 4 aromatic carbocycles. The Hall–Kier alpha value is -2.56. The third-order valence-electron chi connectivity index (χ3n) is 7.43. The first-order chi connectivity index (χ1) is 18.2. The van der Waals surface area contributed by atoms with Crippen LogP contribution in [-0.4, -0.2) is 4.98 Å². The molecule has 2 nitrogen and oxygen atoms in total. The summed E-state index contributed by atoms with van der Waals surface area (Å²) < 4.78 is 0. The molecule has 1 unspecified atom stereocenters. The van der Waals surface area contributed by atoms with Gasteiger partial charge in [0.2, 0.25) is 0 Å². The maximum absolute atomic E-state index is 5.61. The van der Waals surface area contributed by atoms with Gasteiger partial charge in [-0.2, -0.15) is 0 Å². The average molecular weight is 741 g/mol. The molecule has 42 heavy (non-hydrogen) atoms. The van der Waals surface area contributed by atoms with Crippen molar-refractivity contribution in [1.29, 1.82) is 0 Å². The first kappa shape index (κ1) is 37.5. The van der Waals surface area contributed by atoms with Crippen molar-refractivity contribution in [1.82, 2.24) is 4.98 Å². The van der Waals surface area contributed by atoms with Crippen molar-refractivity contribution in [2.45, 2.75) is 66.3 Å². The van der Waals surface area contributed by atoms with E-state index in [9.17, 15) is 0 Å². The third-order valence-corrected chi connectivity index (χ3v) is 8.33. The second-order valence-corrected chi connectivity index (χ2v) is 11.9. The van der Waals surface area contributed by atoms with Gasteiger partial charge in [-0.3, -0.25) is 0 Å². The van der Waals surface area contributed by atoms with Gasteiger partial charge in [0, 0.05) is 10.9 Å². The Balaban J connectivity index is 0.00000220. The van der Waals surface area contributed by atoms with E-state index in [-0.39, 0.29) is 54.2 Å². The zero-order valence-electron chi connectivity index (χ0n) is 27.0. The van der Waals surface area contributed by atoms with Gasteiger partial charge in [-0.25, -0.2) is 4.98 Å². The second-order valence-electron chi connectivity index (χ2n) is 11.0. The fourth-order valence-electron chi connectivity index (χ4n) is 5.64. The van der Waals surface area contributed by atoms with Crippen LogP contribution in [0.25, 0.3) is 27.3 Å². The molecule has 4 heteroatoms. The van der Waals surface area contributed by atoms with Gasteiger partial charge in [0.15, 0.2) is 0 Å². The number of fused-ring (bicyclic) bond motifs is 1. The summed E-state index contributed by atoms with van der Waals surface area (Å²) in [5, 5.41) is 11.3. The Morgan fingerprint density at radius 2 is 1.26 bits per heavy atom. The topological polar surface area (TPSA) is 27.0 Å². The molecule has 5 aromatic rings. The van der Waals surface area contributed by atoms with Gasteiger partial charge < -0.3 is 27.6 Å². The van der Waals surface area contributed by atoms with Crippen LogP contribution in [0.15, 0.2) is 78.2 Å². The number of thiazole rings is 1. The van der Waals surface area contributed by atoms with Gasteiger partial charge in [0.1, 0.15) is 0 Å². The Bertz CT molecular complexity index is 1540. The number of benzene rings is 4. The third kappa shape index (κ3) is 7.50. The normalized spacial score (nSPS) is 11.3. The quantitative estimate of drug-likeness (QED) is 0.121. The van der Waals surface area contributed by atoms with Crippen LogP contribution in [0.1, 0.15) is 84.0 Å². The molecule has 0 N–H and O–H groups in total. The van der Waals surface area contributed by atoms with Crippen LogP contribution in [0.2, 0.25) is 0 Å². The number of aryl methyl sites for hydroxylation is 3. The number of nitrogens with zero attached hydrogens (tertiary/aromatic N) is 2. The minimum atomic E-state index is -0.165. The van der Waals surface area contributed by atoms with Gasteiger partial charge in [0.25, 0.3) is 0 Å². The molecule has 0 aliphatic heterocycles. The Morgan fingerprint density at radius 3 is 1.86 bits per heavy atom. The fraction of sp³-hybridized carbons (Fsp3) is 0.263. The van der Waals surface area contributed by atoms with E-state index < -0.39 is 0 Å². The van der Waals surface area contributed by atoms with E-state index in [4.69, 9.17) is 10.3 Å². The molecule has 0 saturated carbocycles. The molecule has 0 fully saturated rings. The summed E-state index contributed by atoms with van der Waals surface area (Å²) in [6.07, 6.45) is 0. The number of aromatic nitrogens is 1. The molecule has 0 radical (unpaired) electrons. The maximum Gasteiger partial charge on any atom is 4.00 e. The predicted octanol–water partition coefficient (Wildman–Crippen LogP) is 12.3. The Labute approximate surface area is 278 Å². The van der Waals surface area contributed by atoms with Crippen LogP contribution in [0.4, 0.5) is 5.69 Å². The van der Waals surface area contributed by atoms with Gasteiger partial charge >= 0.3 is 25.8 Å². The Kier molecular flexibility index (Phi) is 14.1. The van der Waals surface area contributed by atoms with E-state index in [1.165, 1.54) is 49.7 Å². The van der Waals surface area contributed by atoms with E-state index >= 15 is 0 Å². The molecule has 0 spiro atoms. The molecule has 5 rings (SSSR count). The summed E-state index contributed by atoms with van der Waals surface area (Å²) in [5.74, 6) is 0.770. The smallest absolute Gasteiger partial charge is 0.672 e. The van der Waals surface area contributed by atoms with Crippen molar-refractivity contribution in [2.24, 2.45) is 0 Å². The summed E-state index contributed by atoms with van der Waals surface area (Å²) in [6, 6.07) is 26.1. The SMILES string of the molecule is Cc1cc(C)c(C([N-]c2c(C(C)C)cccc2C(C)C)c2nc(-c3cccc4ccccc34)cs2)c(C)c1.[CH3-].[CH3-].[CH3-].[Hf+4]. The van der Waals surface area contributed by atoms with Crippen LogP contribution in [0, 0.1) is 43.1 Å². The van der Waals surface area contributed by atoms with Crippen molar-refractivity contribution in [3.8, 4) is 11.3 Å². The van der Waals surface area contributed by atoms with Gasteiger partial charge in [0.05, 0.1) is 10.7 Å². The van der Waals surface area contributed by atoms with Crippen molar-refractivity contribution >= 4 is 27.8 Å². The summed E-state index contributed by atoms with van der Waals surface area (Å²) >= 11 is 1.72. The molecule has 1 atom stereocenters. The first-order valence-corrected chi connectivity index (χ1v) is 14.5. The van der Waals surface area contributed by atoms with E-state index in [2.05, 4.69) is 127 Å². The molecule has 0 aliphatic rings. The molecule has 1 aromatic heterocycles. The molecule has 1 heterocycles. The molecule has 0 bridgehead atoms. The summed E-state index contributed by atoms with van der Waals surface area (Å²) in [7, 11) is 0.